The minimum atomic E-state index is 0.255. The topological polar surface area (TPSA) is 43.6 Å². The second kappa shape index (κ2) is 7.29. The van der Waals surface area contributed by atoms with Gasteiger partial charge in [0.15, 0.2) is 0 Å². The maximum atomic E-state index is 5.81. The second-order valence-electron chi connectivity index (χ2n) is 5.28. The number of rotatable bonds is 7. The van der Waals surface area contributed by atoms with E-state index in [1.807, 2.05) is 24.3 Å². The standard InChI is InChI=1S/C17H21NO3/c1-4-14(11-18-12-16-6-2-8-19-16)10-15(5-1)21-13-17-7-3-9-20-17/h1-2,4-6,8,10,17-18H,3,7,9,11-13H2. The van der Waals surface area contributed by atoms with Gasteiger partial charge in [0.1, 0.15) is 18.1 Å². The fourth-order valence-electron chi connectivity index (χ4n) is 2.45. The van der Waals surface area contributed by atoms with Crippen molar-refractivity contribution in [1.82, 2.24) is 5.32 Å². The molecule has 1 aromatic heterocycles. The molecule has 0 spiro atoms. The molecule has 0 bridgehead atoms. The number of nitrogens with one attached hydrogen (secondary N) is 1. The lowest BCUT2D eigenvalue weighted by Crippen LogP contribution is -2.16. The number of hydrogen-bond donors (Lipinski definition) is 1. The molecule has 1 fully saturated rings. The predicted molar refractivity (Wildman–Crippen MR) is 80.2 cm³/mol. The smallest absolute Gasteiger partial charge is 0.119 e. The van der Waals surface area contributed by atoms with Crippen molar-refractivity contribution >= 4 is 0 Å². The van der Waals surface area contributed by atoms with Crippen molar-refractivity contribution in [1.29, 1.82) is 0 Å². The maximum absolute atomic E-state index is 5.81. The zero-order valence-electron chi connectivity index (χ0n) is 12.1. The average Bonchev–Trinajstić information content (AvgIpc) is 3.19. The summed E-state index contributed by atoms with van der Waals surface area (Å²) in [5.41, 5.74) is 1.20. The molecule has 0 radical (unpaired) electrons. The number of furan rings is 1. The van der Waals surface area contributed by atoms with Gasteiger partial charge in [0.05, 0.1) is 18.9 Å². The normalized spacial score (nSPS) is 18.0. The van der Waals surface area contributed by atoms with E-state index in [1.54, 1.807) is 6.26 Å². The van der Waals surface area contributed by atoms with Crippen LogP contribution in [0.25, 0.3) is 0 Å². The Kier molecular flexibility index (Phi) is 4.92. The molecule has 1 aromatic carbocycles. The van der Waals surface area contributed by atoms with Crippen LogP contribution in [0, 0.1) is 0 Å². The Labute approximate surface area is 125 Å². The van der Waals surface area contributed by atoms with Gasteiger partial charge in [-0.15, -0.1) is 0 Å². The summed E-state index contributed by atoms with van der Waals surface area (Å²) in [6.45, 7) is 3.03. The first-order chi connectivity index (χ1) is 10.4. The van der Waals surface area contributed by atoms with Gasteiger partial charge in [0.25, 0.3) is 0 Å². The van der Waals surface area contributed by atoms with E-state index < -0.39 is 0 Å². The van der Waals surface area contributed by atoms with Gasteiger partial charge in [-0.25, -0.2) is 0 Å². The molecule has 4 nitrogen and oxygen atoms in total. The van der Waals surface area contributed by atoms with E-state index in [1.165, 1.54) is 5.56 Å². The molecule has 2 heterocycles. The monoisotopic (exact) mass is 287 g/mol. The van der Waals surface area contributed by atoms with Gasteiger partial charge < -0.3 is 19.2 Å². The Morgan fingerprint density at radius 3 is 3.00 bits per heavy atom. The summed E-state index contributed by atoms with van der Waals surface area (Å²) in [7, 11) is 0. The van der Waals surface area contributed by atoms with Crippen LogP contribution in [0.5, 0.6) is 5.75 Å². The molecule has 2 aromatic rings. The summed E-state index contributed by atoms with van der Waals surface area (Å²) in [4.78, 5) is 0. The first kappa shape index (κ1) is 14.2. The third-order valence-electron chi connectivity index (χ3n) is 3.57. The first-order valence-corrected chi connectivity index (χ1v) is 7.46. The molecule has 1 aliphatic heterocycles. The Morgan fingerprint density at radius 2 is 2.19 bits per heavy atom. The predicted octanol–water partition coefficient (Wildman–Crippen LogP) is 3.13. The van der Waals surface area contributed by atoms with E-state index in [9.17, 15) is 0 Å². The number of hydrogen-bond acceptors (Lipinski definition) is 4. The third kappa shape index (κ3) is 4.34. The van der Waals surface area contributed by atoms with Crippen molar-refractivity contribution in [2.75, 3.05) is 13.2 Å². The Balaban J connectivity index is 1.45. The molecule has 3 rings (SSSR count). The fraction of sp³-hybridized carbons (Fsp3) is 0.412. The molecule has 0 aliphatic carbocycles. The van der Waals surface area contributed by atoms with Gasteiger partial charge in [-0.3, -0.25) is 0 Å². The largest absolute Gasteiger partial charge is 0.491 e. The van der Waals surface area contributed by atoms with Gasteiger partial charge in [-0.2, -0.15) is 0 Å². The van der Waals surface area contributed by atoms with Crippen LogP contribution in [0.2, 0.25) is 0 Å². The van der Waals surface area contributed by atoms with Crippen molar-refractivity contribution in [2.45, 2.75) is 32.0 Å². The highest BCUT2D eigenvalue weighted by atomic mass is 16.5. The molecule has 4 heteroatoms. The number of benzene rings is 1. The Hall–Kier alpha value is -1.78. The molecule has 21 heavy (non-hydrogen) atoms. The van der Waals surface area contributed by atoms with E-state index in [0.29, 0.717) is 6.61 Å². The average molecular weight is 287 g/mol. The Morgan fingerprint density at radius 1 is 1.19 bits per heavy atom. The molecular weight excluding hydrogens is 266 g/mol. The zero-order chi connectivity index (χ0) is 14.3. The molecule has 1 N–H and O–H groups in total. The van der Waals surface area contributed by atoms with Crippen molar-refractivity contribution in [3.63, 3.8) is 0 Å². The highest BCUT2D eigenvalue weighted by Crippen LogP contribution is 2.17. The van der Waals surface area contributed by atoms with Gasteiger partial charge in [-0.1, -0.05) is 12.1 Å². The van der Waals surface area contributed by atoms with Crippen LogP contribution in [0.3, 0.4) is 0 Å². The van der Waals surface area contributed by atoms with Crippen molar-refractivity contribution in [3.05, 3.63) is 54.0 Å². The summed E-state index contributed by atoms with van der Waals surface area (Å²) in [6.07, 6.45) is 4.19. The lowest BCUT2D eigenvalue weighted by Gasteiger charge is -2.12. The molecular formula is C17H21NO3. The molecule has 0 saturated carbocycles. The van der Waals surface area contributed by atoms with E-state index in [2.05, 4.69) is 17.4 Å². The highest BCUT2D eigenvalue weighted by molar-refractivity contribution is 5.28. The van der Waals surface area contributed by atoms with Gasteiger partial charge in [0.2, 0.25) is 0 Å². The summed E-state index contributed by atoms with van der Waals surface area (Å²) >= 11 is 0. The molecule has 112 valence electrons. The number of ether oxygens (including phenoxy) is 2. The SMILES string of the molecule is c1cc(CNCc2ccco2)cc(OCC2CCCO2)c1. The molecule has 1 atom stereocenters. The van der Waals surface area contributed by atoms with Gasteiger partial charge in [-0.05, 0) is 42.7 Å². The summed E-state index contributed by atoms with van der Waals surface area (Å²) in [6, 6.07) is 12.0. The van der Waals surface area contributed by atoms with E-state index >= 15 is 0 Å². The Bertz CT molecular complexity index is 533. The van der Waals surface area contributed by atoms with E-state index in [-0.39, 0.29) is 6.10 Å². The quantitative estimate of drug-likeness (QED) is 0.849. The van der Waals surface area contributed by atoms with Crippen molar-refractivity contribution < 1.29 is 13.9 Å². The first-order valence-electron chi connectivity index (χ1n) is 7.46. The summed E-state index contributed by atoms with van der Waals surface area (Å²) in [5, 5.41) is 3.35. The lowest BCUT2D eigenvalue weighted by atomic mass is 10.2. The van der Waals surface area contributed by atoms with E-state index in [0.717, 1.165) is 44.0 Å². The second-order valence-corrected chi connectivity index (χ2v) is 5.28. The fourth-order valence-corrected chi connectivity index (χ4v) is 2.45. The van der Waals surface area contributed by atoms with Crippen LogP contribution >= 0.6 is 0 Å². The van der Waals surface area contributed by atoms with Crippen LogP contribution in [0.15, 0.2) is 47.1 Å². The lowest BCUT2D eigenvalue weighted by molar-refractivity contribution is 0.0679. The van der Waals surface area contributed by atoms with Crippen LogP contribution in [-0.4, -0.2) is 19.3 Å². The zero-order valence-corrected chi connectivity index (χ0v) is 12.1. The van der Waals surface area contributed by atoms with Crippen LogP contribution in [-0.2, 0) is 17.8 Å². The molecule has 1 aliphatic rings. The van der Waals surface area contributed by atoms with Gasteiger partial charge >= 0.3 is 0 Å². The highest BCUT2D eigenvalue weighted by Gasteiger charge is 2.15. The summed E-state index contributed by atoms with van der Waals surface area (Å²) in [5.74, 6) is 1.85. The molecule has 1 saturated heterocycles. The van der Waals surface area contributed by atoms with Crippen molar-refractivity contribution in [2.24, 2.45) is 0 Å². The summed E-state index contributed by atoms with van der Waals surface area (Å²) < 4.78 is 16.7. The molecule has 1 unspecified atom stereocenters. The van der Waals surface area contributed by atoms with Crippen molar-refractivity contribution in [3.8, 4) is 5.75 Å². The minimum absolute atomic E-state index is 0.255. The van der Waals surface area contributed by atoms with Crippen LogP contribution in [0.1, 0.15) is 24.2 Å². The van der Waals surface area contributed by atoms with Crippen LogP contribution in [0.4, 0.5) is 0 Å². The molecule has 0 amide bonds. The maximum Gasteiger partial charge on any atom is 0.119 e. The van der Waals surface area contributed by atoms with E-state index in [4.69, 9.17) is 13.9 Å². The third-order valence-corrected chi connectivity index (χ3v) is 3.57. The van der Waals surface area contributed by atoms with Gasteiger partial charge in [0, 0.05) is 13.2 Å². The minimum Gasteiger partial charge on any atom is -0.491 e. The van der Waals surface area contributed by atoms with Crippen LogP contribution < -0.4 is 10.1 Å².